The van der Waals surface area contributed by atoms with E-state index in [-0.39, 0.29) is 24.0 Å². The smallest absolute Gasteiger partial charge is 0.191 e. The van der Waals surface area contributed by atoms with Crippen molar-refractivity contribution in [3.63, 3.8) is 0 Å². The number of methoxy groups -OCH3 is 1. The van der Waals surface area contributed by atoms with E-state index in [0.717, 1.165) is 62.2 Å². The Morgan fingerprint density at radius 1 is 1.10 bits per heavy atom. The molecule has 1 aliphatic heterocycles. The number of benzene rings is 1. The monoisotopic (exact) mass is 538 g/mol. The number of hydrogen-bond acceptors (Lipinski definition) is 5. The number of anilines is 1. The summed E-state index contributed by atoms with van der Waals surface area (Å²) < 4.78 is 5.41. The van der Waals surface area contributed by atoms with E-state index in [1.54, 1.807) is 14.2 Å². The van der Waals surface area contributed by atoms with Gasteiger partial charge >= 0.3 is 0 Å². The van der Waals surface area contributed by atoms with Crippen LogP contribution in [0.5, 0.6) is 5.75 Å². The molecule has 0 unspecified atom stereocenters. The van der Waals surface area contributed by atoms with Gasteiger partial charge < -0.3 is 25.2 Å². The molecular weight excluding hydrogens is 503 g/mol. The highest BCUT2D eigenvalue weighted by Crippen LogP contribution is 2.19. The lowest BCUT2D eigenvalue weighted by molar-refractivity contribution is 0.312. The summed E-state index contributed by atoms with van der Waals surface area (Å²) in [6, 6.07) is 10.6. The lowest BCUT2D eigenvalue weighted by atomic mass is 10.1. The molecule has 8 heteroatoms. The number of hydrogen-bond donors (Lipinski definition) is 2. The van der Waals surface area contributed by atoms with Crippen LogP contribution in [-0.2, 0) is 13.0 Å². The molecule has 2 aromatic rings. The molecule has 0 bridgehead atoms. The summed E-state index contributed by atoms with van der Waals surface area (Å²) in [6.07, 6.45) is 2.80. The number of aliphatic imine (C=N–C) groups is 1. The number of rotatable bonds is 7. The van der Waals surface area contributed by atoms with Crippen molar-refractivity contribution in [3.05, 3.63) is 53.2 Å². The van der Waals surface area contributed by atoms with Crippen LogP contribution >= 0.6 is 24.0 Å². The van der Waals surface area contributed by atoms with Crippen LogP contribution in [0.25, 0.3) is 0 Å². The molecule has 1 aromatic heterocycles. The summed E-state index contributed by atoms with van der Waals surface area (Å²) >= 11 is 0. The number of nitrogens with one attached hydrogen (secondary N) is 2. The quantitative estimate of drug-likeness (QED) is 0.321. The van der Waals surface area contributed by atoms with Crippen molar-refractivity contribution in [3.8, 4) is 5.75 Å². The first-order valence-electron chi connectivity index (χ1n) is 10.6. The lowest BCUT2D eigenvalue weighted by Crippen LogP contribution is -2.44. The molecule has 1 aliphatic rings. The van der Waals surface area contributed by atoms with E-state index < -0.39 is 0 Å². The van der Waals surface area contributed by atoms with Crippen molar-refractivity contribution in [2.75, 3.05) is 58.8 Å². The first kappa shape index (κ1) is 25.2. The van der Waals surface area contributed by atoms with Gasteiger partial charge in [-0.2, -0.15) is 0 Å². The zero-order valence-corrected chi connectivity index (χ0v) is 21.3. The van der Waals surface area contributed by atoms with E-state index in [1.165, 1.54) is 11.1 Å². The van der Waals surface area contributed by atoms with E-state index in [1.807, 2.05) is 6.20 Å². The molecule has 2 N–H and O–H groups in total. The normalized spacial score (nSPS) is 14.7. The zero-order valence-electron chi connectivity index (χ0n) is 19.0. The zero-order chi connectivity index (χ0) is 21.3. The topological polar surface area (TPSA) is 65.0 Å². The summed E-state index contributed by atoms with van der Waals surface area (Å²) in [4.78, 5) is 13.6. The van der Waals surface area contributed by atoms with Gasteiger partial charge in [-0.1, -0.05) is 12.1 Å². The Bertz CT molecular complexity index is 852. The average molecular weight is 538 g/mol. The SMILES string of the molecule is CN=C(NCCc1ccc(C)c(OC)c1)NCc1ccnc(N2CCN(C)CC2)c1.I. The van der Waals surface area contributed by atoms with Crippen LogP contribution in [0.4, 0.5) is 5.82 Å². The molecular formula is C23H35IN6O. The molecule has 1 fully saturated rings. The second-order valence-corrected chi connectivity index (χ2v) is 7.72. The van der Waals surface area contributed by atoms with Crippen LogP contribution < -0.4 is 20.3 Å². The molecule has 0 spiro atoms. The minimum absolute atomic E-state index is 0. The van der Waals surface area contributed by atoms with Gasteiger partial charge in [-0.15, -0.1) is 24.0 Å². The fourth-order valence-electron chi connectivity index (χ4n) is 3.53. The third-order valence-corrected chi connectivity index (χ3v) is 5.50. The van der Waals surface area contributed by atoms with Gasteiger partial charge in [0.1, 0.15) is 11.6 Å². The number of guanidine groups is 1. The van der Waals surface area contributed by atoms with Crippen LogP contribution in [0, 0.1) is 6.92 Å². The lowest BCUT2D eigenvalue weighted by Gasteiger charge is -2.33. The Hall–Kier alpha value is -2.07. The molecule has 7 nitrogen and oxygen atoms in total. The maximum absolute atomic E-state index is 5.41. The molecule has 170 valence electrons. The van der Waals surface area contributed by atoms with Crippen molar-refractivity contribution < 1.29 is 4.74 Å². The number of nitrogens with zero attached hydrogens (tertiary/aromatic N) is 4. The van der Waals surface area contributed by atoms with Crippen LogP contribution in [0.1, 0.15) is 16.7 Å². The van der Waals surface area contributed by atoms with E-state index in [4.69, 9.17) is 4.74 Å². The van der Waals surface area contributed by atoms with Gasteiger partial charge in [0.2, 0.25) is 0 Å². The number of likely N-dealkylation sites (N-methyl/N-ethyl adjacent to an activating group) is 1. The highest BCUT2D eigenvalue weighted by atomic mass is 127. The Morgan fingerprint density at radius 2 is 1.87 bits per heavy atom. The Balaban J connectivity index is 0.00000341. The minimum atomic E-state index is 0. The summed E-state index contributed by atoms with van der Waals surface area (Å²) in [5.74, 6) is 2.79. The molecule has 0 amide bonds. The minimum Gasteiger partial charge on any atom is -0.496 e. The predicted octanol–water partition coefficient (Wildman–Crippen LogP) is 2.68. The van der Waals surface area contributed by atoms with Crippen LogP contribution in [-0.4, -0.2) is 69.8 Å². The molecule has 31 heavy (non-hydrogen) atoms. The molecule has 0 aliphatic carbocycles. The largest absolute Gasteiger partial charge is 0.496 e. The van der Waals surface area contributed by atoms with Crippen LogP contribution in [0.2, 0.25) is 0 Å². The van der Waals surface area contributed by atoms with Crippen molar-refractivity contribution >= 4 is 35.8 Å². The van der Waals surface area contributed by atoms with Gasteiger partial charge in [-0.25, -0.2) is 4.98 Å². The van der Waals surface area contributed by atoms with Gasteiger partial charge in [0.05, 0.1) is 7.11 Å². The molecule has 1 saturated heterocycles. The van der Waals surface area contributed by atoms with E-state index in [9.17, 15) is 0 Å². The number of halogens is 1. The predicted molar refractivity (Wildman–Crippen MR) is 139 cm³/mol. The number of piperazine rings is 1. The summed E-state index contributed by atoms with van der Waals surface area (Å²) in [7, 11) is 5.68. The van der Waals surface area contributed by atoms with Crippen molar-refractivity contribution in [2.45, 2.75) is 19.9 Å². The first-order chi connectivity index (χ1) is 14.6. The molecule has 0 radical (unpaired) electrons. The van der Waals surface area contributed by atoms with Gasteiger partial charge in [0.25, 0.3) is 0 Å². The summed E-state index contributed by atoms with van der Waals surface area (Å²) in [5, 5.41) is 6.79. The van der Waals surface area contributed by atoms with Gasteiger partial charge in [-0.05, 0) is 55.3 Å². The van der Waals surface area contributed by atoms with E-state index >= 15 is 0 Å². The van der Waals surface area contributed by atoms with Crippen molar-refractivity contribution in [1.29, 1.82) is 0 Å². The third-order valence-electron chi connectivity index (χ3n) is 5.50. The number of ether oxygens (including phenoxy) is 1. The van der Waals surface area contributed by atoms with E-state index in [0.29, 0.717) is 6.54 Å². The Labute approximate surface area is 203 Å². The molecule has 0 saturated carbocycles. The molecule has 3 rings (SSSR count). The Morgan fingerprint density at radius 3 is 2.58 bits per heavy atom. The fourth-order valence-corrected chi connectivity index (χ4v) is 3.53. The fraction of sp³-hybridized carbons (Fsp3) is 0.478. The highest BCUT2D eigenvalue weighted by Gasteiger charge is 2.15. The van der Waals surface area contributed by atoms with Crippen LogP contribution in [0.15, 0.2) is 41.5 Å². The first-order valence-corrected chi connectivity index (χ1v) is 10.6. The standard InChI is InChI=1S/C23H34N6O.HI/c1-18-5-6-19(15-21(18)30-4)7-10-26-23(24-2)27-17-20-8-9-25-22(16-20)29-13-11-28(3)12-14-29;/h5-6,8-9,15-16H,7,10-14,17H2,1-4H3,(H2,24,26,27);1H. The van der Waals surface area contributed by atoms with Crippen LogP contribution in [0.3, 0.4) is 0 Å². The maximum Gasteiger partial charge on any atom is 0.191 e. The van der Waals surface area contributed by atoms with Gasteiger partial charge in [-0.3, -0.25) is 4.99 Å². The Kier molecular flexibility index (Phi) is 10.3. The second kappa shape index (κ2) is 12.7. The molecule has 2 heterocycles. The average Bonchev–Trinajstić information content (AvgIpc) is 2.78. The molecule has 0 atom stereocenters. The second-order valence-electron chi connectivity index (χ2n) is 7.72. The van der Waals surface area contributed by atoms with E-state index in [2.05, 4.69) is 74.7 Å². The maximum atomic E-state index is 5.41. The number of aryl methyl sites for hydroxylation is 1. The van der Waals surface area contributed by atoms with Gasteiger partial charge in [0.15, 0.2) is 5.96 Å². The number of aromatic nitrogens is 1. The third kappa shape index (κ3) is 7.53. The number of pyridine rings is 1. The van der Waals surface area contributed by atoms with Crippen molar-refractivity contribution in [1.82, 2.24) is 20.5 Å². The molecule has 1 aromatic carbocycles. The highest BCUT2D eigenvalue weighted by molar-refractivity contribution is 14.0. The summed E-state index contributed by atoms with van der Waals surface area (Å²) in [6.45, 7) is 7.76. The summed E-state index contributed by atoms with van der Waals surface area (Å²) in [5.41, 5.74) is 3.59. The van der Waals surface area contributed by atoms with Gasteiger partial charge in [0, 0.05) is 52.5 Å². The van der Waals surface area contributed by atoms with Crippen molar-refractivity contribution in [2.24, 2.45) is 4.99 Å².